The highest BCUT2D eigenvalue weighted by atomic mass is 19.1. The molecule has 1 aromatic carbocycles. The Bertz CT molecular complexity index is 410. The largest absolute Gasteiger partial charge is 0.309 e. The number of hydrogen-bond acceptors (Lipinski definition) is 2. The molecular formula is C15H22F2N2. The smallest absolute Gasteiger partial charge is 0.130 e. The monoisotopic (exact) mass is 268 g/mol. The Hall–Kier alpha value is -1.00. The Morgan fingerprint density at radius 1 is 1.21 bits per heavy atom. The van der Waals surface area contributed by atoms with Crippen LogP contribution in [0.3, 0.4) is 0 Å². The summed E-state index contributed by atoms with van der Waals surface area (Å²) >= 11 is 0. The summed E-state index contributed by atoms with van der Waals surface area (Å²) in [6.07, 6.45) is 2.06. The average Bonchev–Trinajstić information content (AvgIpc) is 2.43. The fraction of sp³-hybridized carbons (Fsp3) is 0.600. The second-order valence-electron chi connectivity index (χ2n) is 5.33. The van der Waals surface area contributed by atoms with Gasteiger partial charge in [-0.15, -0.1) is 0 Å². The van der Waals surface area contributed by atoms with E-state index in [4.69, 9.17) is 0 Å². The van der Waals surface area contributed by atoms with Crippen molar-refractivity contribution in [1.82, 2.24) is 10.2 Å². The summed E-state index contributed by atoms with van der Waals surface area (Å²) in [5.74, 6) is -0.894. The number of hydrogen-bond donors (Lipinski definition) is 1. The summed E-state index contributed by atoms with van der Waals surface area (Å²) in [5.41, 5.74) is 0.269. The summed E-state index contributed by atoms with van der Waals surface area (Å²) in [6.45, 7) is 7.20. The van der Waals surface area contributed by atoms with Crippen molar-refractivity contribution in [3.63, 3.8) is 0 Å². The zero-order chi connectivity index (χ0) is 13.9. The van der Waals surface area contributed by atoms with E-state index in [-0.39, 0.29) is 11.1 Å². The van der Waals surface area contributed by atoms with E-state index < -0.39 is 11.6 Å². The lowest BCUT2D eigenvalue weighted by Gasteiger charge is -2.43. The molecule has 1 fully saturated rings. The topological polar surface area (TPSA) is 15.3 Å². The van der Waals surface area contributed by atoms with Crippen LogP contribution >= 0.6 is 0 Å². The second kappa shape index (κ2) is 5.97. The zero-order valence-corrected chi connectivity index (χ0v) is 11.7. The van der Waals surface area contributed by atoms with Gasteiger partial charge in [0.1, 0.15) is 11.6 Å². The van der Waals surface area contributed by atoms with Gasteiger partial charge in [-0.05, 0) is 25.0 Å². The van der Waals surface area contributed by atoms with Crippen molar-refractivity contribution in [2.24, 2.45) is 0 Å². The molecule has 106 valence electrons. The van der Waals surface area contributed by atoms with Crippen LogP contribution in [0.1, 0.15) is 32.3 Å². The third kappa shape index (κ3) is 3.12. The van der Waals surface area contributed by atoms with Crippen LogP contribution in [-0.4, -0.2) is 30.1 Å². The van der Waals surface area contributed by atoms with Gasteiger partial charge in [-0.25, -0.2) is 8.78 Å². The molecule has 0 radical (unpaired) electrons. The molecule has 1 N–H and O–H groups in total. The van der Waals surface area contributed by atoms with Crippen LogP contribution < -0.4 is 5.32 Å². The molecule has 4 heteroatoms. The predicted octanol–water partition coefficient (Wildman–Crippen LogP) is 2.93. The average molecular weight is 268 g/mol. The molecule has 0 amide bonds. The van der Waals surface area contributed by atoms with Gasteiger partial charge in [-0.1, -0.05) is 19.9 Å². The highest BCUT2D eigenvalue weighted by Gasteiger charge is 2.32. The SMILES string of the molecule is CCC1(CC)CN(Cc2c(F)cccc2F)CCN1. The van der Waals surface area contributed by atoms with Gasteiger partial charge in [0.15, 0.2) is 0 Å². The molecule has 1 aliphatic rings. The van der Waals surface area contributed by atoms with Crippen molar-refractivity contribution in [2.75, 3.05) is 19.6 Å². The molecule has 0 unspecified atom stereocenters. The van der Waals surface area contributed by atoms with Crippen LogP contribution in [0.4, 0.5) is 8.78 Å². The molecule has 1 saturated heterocycles. The molecule has 2 rings (SSSR count). The summed E-state index contributed by atoms with van der Waals surface area (Å²) < 4.78 is 27.4. The molecule has 1 aliphatic heterocycles. The van der Waals surface area contributed by atoms with Crippen molar-refractivity contribution >= 4 is 0 Å². The summed E-state index contributed by atoms with van der Waals surface area (Å²) in [4.78, 5) is 2.14. The van der Waals surface area contributed by atoms with E-state index in [9.17, 15) is 8.78 Å². The summed E-state index contributed by atoms with van der Waals surface area (Å²) in [5, 5.41) is 3.55. The lowest BCUT2D eigenvalue weighted by molar-refractivity contribution is 0.116. The first-order valence-corrected chi connectivity index (χ1v) is 7.00. The van der Waals surface area contributed by atoms with Crippen LogP contribution in [0, 0.1) is 11.6 Å². The Labute approximate surface area is 113 Å². The van der Waals surface area contributed by atoms with Crippen LogP contribution in [0.2, 0.25) is 0 Å². The number of rotatable bonds is 4. The van der Waals surface area contributed by atoms with Gasteiger partial charge >= 0.3 is 0 Å². The van der Waals surface area contributed by atoms with E-state index in [0.29, 0.717) is 6.54 Å². The summed E-state index contributed by atoms with van der Waals surface area (Å²) in [6, 6.07) is 4.06. The maximum atomic E-state index is 13.7. The van der Waals surface area contributed by atoms with Crippen molar-refractivity contribution in [3.05, 3.63) is 35.4 Å². The number of piperazine rings is 1. The van der Waals surface area contributed by atoms with Crippen molar-refractivity contribution in [1.29, 1.82) is 0 Å². The van der Waals surface area contributed by atoms with Crippen LogP contribution in [0.15, 0.2) is 18.2 Å². The van der Waals surface area contributed by atoms with E-state index in [1.807, 2.05) is 0 Å². The Morgan fingerprint density at radius 2 is 1.84 bits per heavy atom. The molecule has 0 atom stereocenters. The molecule has 19 heavy (non-hydrogen) atoms. The quantitative estimate of drug-likeness (QED) is 0.903. The number of nitrogens with zero attached hydrogens (tertiary/aromatic N) is 1. The predicted molar refractivity (Wildman–Crippen MR) is 73.0 cm³/mol. The molecule has 0 saturated carbocycles. The van der Waals surface area contributed by atoms with Gasteiger partial charge in [-0.3, -0.25) is 4.90 Å². The van der Waals surface area contributed by atoms with Gasteiger partial charge < -0.3 is 5.32 Å². The normalized spacial score (nSPS) is 19.6. The van der Waals surface area contributed by atoms with E-state index in [0.717, 1.165) is 32.5 Å². The molecule has 1 heterocycles. The fourth-order valence-corrected chi connectivity index (χ4v) is 2.81. The minimum absolute atomic E-state index is 0.0833. The lowest BCUT2D eigenvalue weighted by Crippen LogP contribution is -2.59. The Kier molecular flexibility index (Phi) is 4.53. The van der Waals surface area contributed by atoms with Gasteiger partial charge in [0.2, 0.25) is 0 Å². The standard InChI is InChI=1S/C15H22F2N2/c1-3-15(4-2)11-19(9-8-18-15)10-12-13(16)6-5-7-14(12)17/h5-7,18H,3-4,8-11H2,1-2H3. The maximum Gasteiger partial charge on any atom is 0.130 e. The van der Waals surface area contributed by atoms with Crippen molar-refractivity contribution < 1.29 is 8.78 Å². The van der Waals surface area contributed by atoms with Crippen LogP contribution in [-0.2, 0) is 6.54 Å². The molecule has 0 spiro atoms. The first kappa shape index (κ1) is 14.4. The first-order chi connectivity index (χ1) is 9.10. The third-order valence-electron chi connectivity index (χ3n) is 4.25. The molecule has 2 nitrogen and oxygen atoms in total. The number of benzene rings is 1. The van der Waals surface area contributed by atoms with Crippen molar-refractivity contribution in [3.8, 4) is 0 Å². The second-order valence-corrected chi connectivity index (χ2v) is 5.33. The van der Waals surface area contributed by atoms with Crippen LogP contribution in [0.25, 0.3) is 0 Å². The minimum atomic E-state index is -0.447. The van der Waals surface area contributed by atoms with E-state index in [1.54, 1.807) is 0 Å². The van der Waals surface area contributed by atoms with Gasteiger partial charge in [-0.2, -0.15) is 0 Å². The first-order valence-electron chi connectivity index (χ1n) is 7.00. The fourth-order valence-electron chi connectivity index (χ4n) is 2.81. The molecular weight excluding hydrogens is 246 g/mol. The zero-order valence-electron chi connectivity index (χ0n) is 11.7. The van der Waals surface area contributed by atoms with Gasteiger partial charge in [0, 0.05) is 37.3 Å². The highest BCUT2D eigenvalue weighted by molar-refractivity contribution is 5.19. The van der Waals surface area contributed by atoms with E-state index >= 15 is 0 Å². The number of halogens is 2. The Morgan fingerprint density at radius 3 is 2.42 bits per heavy atom. The molecule has 1 aromatic rings. The van der Waals surface area contributed by atoms with Gasteiger partial charge in [0.05, 0.1) is 0 Å². The lowest BCUT2D eigenvalue weighted by atomic mass is 9.90. The van der Waals surface area contributed by atoms with Crippen molar-refractivity contribution in [2.45, 2.75) is 38.8 Å². The molecule has 0 aliphatic carbocycles. The number of nitrogens with one attached hydrogen (secondary N) is 1. The summed E-state index contributed by atoms with van der Waals surface area (Å²) in [7, 11) is 0. The van der Waals surface area contributed by atoms with E-state index in [1.165, 1.54) is 18.2 Å². The van der Waals surface area contributed by atoms with E-state index in [2.05, 4.69) is 24.1 Å². The van der Waals surface area contributed by atoms with Gasteiger partial charge in [0.25, 0.3) is 0 Å². The third-order valence-corrected chi connectivity index (χ3v) is 4.25. The minimum Gasteiger partial charge on any atom is -0.309 e. The molecule has 0 aromatic heterocycles. The van der Waals surface area contributed by atoms with Crippen LogP contribution in [0.5, 0.6) is 0 Å². The molecule has 0 bridgehead atoms. The maximum absolute atomic E-state index is 13.7. The highest BCUT2D eigenvalue weighted by Crippen LogP contribution is 2.22. The Balaban J connectivity index is 2.11.